The lowest BCUT2D eigenvalue weighted by atomic mass is 10.1. The van der Waals surface area contributed by atoms with E-state index >= 15 is 0 Å². The maximum Gasteiger partial charge on any atom is 0.290 e. The fraction of sp³-hybridized carbons (Fsp3) is 0.158. The molecule has 1 amide bonds. The molecule has 0 unspecified atom stereocenters. The zero-order valence-electron chi connectivity index (χ0n) is 14.8. The zero-order valence-corrected chi connectivity index (χ0v) is 16.4. The van der Waals surface area contributed by atoms with Gasteiger partial charge in [0.15, 0.2) is 0 Å². The van der Waals surface area contributed by atoms with Crippen molar-refractivity contribution in [2.45, 2.75) is 11.6 Å². The Balaban J connectivity index is 1.41. The number of nitrogens with zero attached hydrogens (tertiary/aromatic N) is 3. The summed E-state index contributed by atoms with van der Waals surface area (Å²) in [6, 6.07) is 15.6. The topological polar surface area (TPSA) is 92.2 Å². The first-order valence-electron chi connectivity index (χ1n) is 8.66. The number of aromatic nitrogens is 4. The molecule has 2 N–H and O–H groups in total. The van der Waals surface area contributed by atoms with Gasteiger partial charge in [-0.15, -0.1) is 16.4 Å². The normalized spacial score (nSPS) is 11.0. The lowest BCUT2D eigenvalue weighted by Crippen LogP contribution is -2.27. The summed E-state index contributed by atoms with van der Waals surface area (Å²) in [5, 5.41) is 16.3. The fourth-order valence-corrected chi connectivity index (χ4v) is 4.12. The van der Waals surface area contributed by atoms with E-state index < -0.39 is 0 Å². The van der Waals surface area contributed by atoms with Crippen LogP contribution in [0.1, 0.15) is 5.56 Å². The van der Waals surface area contributed by atoms with Crippen molar-refractivity contribution in [3.63, 3.8) is 0 Å². The average Bonchev–Trinajstić information content (AvgIpc) is 3.38. The van der Waals surface area contributed by atoms with Crippen LogP contribution in [0.25, 0.3) is 16.1 Å². The number of nitrogens with one attached hydrogen (secondary N) is 2. The Morgan fingerprint density at radius 1 is 1.21 bits per heavy atom. The van der Waals surface area contributed by atoms with Crippen molar-refractivity contribution in [3.8, 4) is 10.6 Å². The van der Waals surface area contributed by atoms with Crippen molar-refractivity contribution < 1.29 is 4.79 Å². The molecule has 0 saturated heterocycles. The molecule has 3 heterocycles. The van der Waals surface area contributed by atoms with E-state index in [2.05, 4.69) is 20.6 Å². The van der Waals surface area contributed by atoms with Crippen LogP contribution in [-0.4, -0.2) is 38.0 Å². The summed E-state index contributed by atoms with van der Waals surface area (Å²) in [6.45, 7) is 0.572. The number of amides is 1. The van der Waals surface area contributed by atoms with Crippen molar-refractivity contribution in [2.75, 3.05) is 12.3 Å². The number of benzene rings is 1. The minimum absolute atomic E-state index is 0.0901. The Morgan fingerprint density at radius 2 is 2.07 bits per heavy atom. The van der Waals surface area contributed by atoms with E-state index in [-0.39, 0.29) is 17.2 Å². The second-order valence-electron chi connectivity index (χ2n) is 6.01. The van der Waals surface area contributed by atoms with E-state index in [9.17, 15) is 9.59 Å². The van der Waals surface area contributed by atoms with Gasteiger partial charge in [0.1, 0.15) is 11.2 Å². The number of H-pyrrole nitrogens is 1. The molecular formula is C19H17N5O2S2. The number of carbonyl (C=O) groups excluding carboxylic acids is 1. The molecule has 0 aliphatic rings. The fourth-order valence-electron chi connectivity index (χ4n) is 2.70. The largest absolute Gasteiger partial charge is 0.355 e. The van der Waals surface area contributed by atoms with Gasteiger partial charge in [0.2, 0.25) is 11.1 Å². The van der Waals surface area contributed by atoms with Crippen molar-refractivity contribution in [1.29, 1.82) is 0 Å². The van der Waals surface area contributed by atoms with E-state index in [1.807, 2.05) is 47.8 Å². The predicted molar refractivity (Wildman–Crippen MR) is 111 cm³/mol. The summed E-state index contributed by atoms with van der Waals surface area (Å²) >= 11 is 2.78. The van der Waals surface area contributed by atoms with Gasteiger partial charge in [-0.05, 0) is 29.5 Å². The minimum Gasteiger partial charge on any atom is -0.355 e. The monoisotopic (exact) mass is 411 g/mol. The van der Waals surface area contributed by atoms with Gasteiger partial charge >= 0.3 is 0 Å². The maximum absolute atomic E-state index is 12.1. The molecule has 0 atom stereocenters. The first-order valence-corrected chi connectivity index (χ1v) is 10.5. The first kappa shape index (κ1) is 18.5. The molecule has 0 spiro atoms. The average molecular weight is 412 g/mol. The molecule has 7 nitrogen and oxygen atoms in total. The molecule has 142 valence electrons. The molecule has 0 aliphatic heterocycles. The molecule has 4 aromatic rings. The van der Waals surface area contributed by atoms with Gasteiger partial charge < -0.3 is 5.32 Å². The highest BCUT2D eigenvalue weighted by Crippen LogP contribution is 2.25. The third kappa shape index (κ3) is 4.15. The number of hydrogen-bond donors (Lipinski definition) is 2. The molecule has 1 aromatic carbocycles. The molecule has 4 rings (SSSR count). The highest BCUT2D eigenvalue weighted by molar-refractivity contribution is 7.99. The van der Waals surface area contributed by atoms with Crippen LogP contribution in [0, 0.1) is 0 Å². The van der Waals surface area contributed by atoms with Gasteiger partial charge in [0, 0.05) is 6.54 Å². The molecule has 9 heteroatoms. The Hall–Kier alpha value is -2.91. The number of carbonyl (C=O) groups is 1. The van der Waals surface area contributed by atoms with Crippen LogP contribution >= 0.6 is 23.1 Å². The summed E-state index contributed by atoms with van der Waals surface area (Å²) in [6.07, 6.45) is 0.779. The van der Waals surface area contributed by atoms with Crippen molar-refractivity contribution in [3.05, 3.63) is 69.8 Å². The highest BCUT2D eigenvalue weighted by Gasteiger charge is 2.14. The number of rotatable bonds is 7. The van der Waals surface area contributed by atoms with Crippen LogP contribution < -0.4 is 10.9 Å². The molecule has 0 radical (unpaired) electrons. The quantitative estimate of drug-likeness (QED) is 0.456. The van der Waals surface area contributed by atoms with Crippen LogP contribution in [0.2, 0.25) is 0 Å². The molecule has 28 heavy (non-hydrogen) atoms. The number of hydrogen-bond acceptors (Lipinski definition) is 6. The van der Waals surface area contributed by atoms with Crippen LogP contribution in [0.3, 0.4) is 0 Å². The van der Waals surface area contributed by atoms with E-state index in [1.54, 1.807) is 17.4 Å². The van der Waals surface area contributed by atoms with Crippen LogP contribution in [-0.2, 0) is 11.2 Å². The van der Waals surface area contributed by atoms with E-state index in [0.29, 0.717) is 22.9 Å². The highest BCUT2D eigenvalue weighted by atomic mass is 32.2. The van der Waals surface area contributed by atoms with Gasteiger partial charge in [0.05, 0.1) is 10.6 Å². The van der Waals surface area contributed by atoms with Crippen molar-refractivity contribution in [2.24, 2.45) is 0 Å². The number of thiophene rings is 1. The summed E-state index contributed by atoms with van der Waals surface area (Å²) < 4.78 is 1.50. The molecular weight excluding hydrogens is 394 g/mol. The molecule has 0 aliphatic carbocycles. The van der Waals surface area contributed by atoms with Gasteiger partial charge in [-0.1, -0.05) is 48.2 Å². The number of fused-ring (bicyclic) bond motifs is 1. The van der Waals surface area contributed by atoms with Crippen molar-refractivity contribution >= 4 is 34.5 Å². The summed E-state index contributed by atoms with van der Waals surface area (Å²) in [4.78, 5) is 25.2. The second kappa shape index (κ2) is 8.41. The zero-order chi connectivity index (χ0) is 19.3. The van der Waals surface area contributed by atoms with Gasteiger partial charge in [-0.25, -0.2) is 9.61 Å². The summed E-state index contributed by atoms with van der Waals surface area (Å²) in [5.41, 5.74) is 1.98. The molecule has 3 aromatic heterocycles. The van der Waals surface area contributed by atoms with Crippen LogP contribution in [0.15, 0.2) is 63.9 Å². The predicted octanol–water partition coefficient (Wildman–Crippen LogP) is 2.60. The Labute approximate surface area is 168 Å². The standard InChI is InChI=1S/C19H17N5O2S2/c25-17(20-9-8-13-5-2-1-3-6-13)12-28-19-22-21-18(26)15-11-14(23-24(15)19)16-7-4-10-27-16/h1-7,10-11H,8-9,12H2,(H,20,25)(H,21,26). The second-order valence-corrected chi connectivity index (χ2v) is 7.90. The third-order valence-corrected chi connectivity index (χ3v) is 5.88. The van der Waals surface area contributed by atoms with Gasteiger partial charge in [-0.3, -0.25) is 9.59 Å². The van der Waals surface area contributed by atoms with E-state index in [4.69, 9.17) is 0 Å². The summed E-state index contributed by atoms with van der Waals surface area (Å²) in [5.74, 6) is 0.102. The van der Waals surface area contributed by atoms with Crippen LogP contribution in [0.4, 0.5) is 0 Å². The molecule has 0 fully saturated rings. The Kier molecular flexibility index (Phi) is 5.54. The lowest BCUT2D eigenvalue weighted by molar-refractivity contribution is -0.118. The maximum atomic E-state index is 12.1. The van der Waals surface area contributed by atoms with Crippen molar-refractivity contribution in [1.82, 2.24) is 25.1 Å². The van der Waals surface area contributed by atoms with E-state index in [0.717, 1.165) is 11.3 Å². The molecule has 0 bridgehead atoms. The van der Waals surface area contributed by atoms with Crippen LogP contribution in [0.5, 0.6) is 0 Å². The van der Waals surface area contributed by atoms with Gasteiger partial charge in [0.25, 0.3) is 5.56 Å². The van der Waals surface area contributed by atoms with Gasteiger partial charge in [-0.2, -0.15) is 5.10 Å². The summed E-state index contributed by atoms with van der Waals surface area (Å²) in [7, 11) is 0. The minimum atomic E-state index is -0.313. The van der Waals surface area contributed by atoms with E-state index in [1.165, 1.54) is 21.8 Å². The number of thioether (sulfide) groups is 1. The number of aromatic amines is 1. The lowest BCUT2D eigenvalue weighted by Gasteiger charge is -2.05. The Morgan fingerprint density at radius 3 is 2.86 bits per heavy atom. The first-order chi connectivity index (χ1) is 13.7. The third-order valence-electron chi connectivity index (χ3n) is 4.06. The molecule has 0 saturated carbocycles. The SMILES string of the molecule is O=C(CSc1n[nH]c(=O)c2cc(-c3cccs3)nn12)NCCc1ccccc1. The smallest absolute Gasteiger partial charge is 0.290 e. The Bertz CT molecular complexity index is 1140.